The molecule has 7 nitrogen and oxygen atoms in total. The molecular formula is C22H21N5O2S. The summed E-state index contributed by atoms with van der Waals surface area (Å²) >= 11 is 1.50. The summed E-state index contributed by atoms with van der Waals surface area (Å²) < 4.78 is 7.16. The fraction of sp³-hybridized carbons (Fsp3) is 0.182. The number of amides is 1. The average Bonchev–Trinajstić information content (AvgIpc) is 3.43. The van der Waals surface area contributed by atoms with Gasteiger partial charge in [0.25, 0.3) is 5.91 Å². The number of aryl methyl sites for hydroxylation is 1. The minimum Gasteiger partial charge on any atom is -0.348 e. The zero-order chi connectivity index (χ0) is 20.8. The largest absolute Gasteiger partial charge is 0.348 e. The van der Waals surface area contributed by atoms with Crippen molar-refractivity contribution in [1.82, 2.24) is 25.0 Å². The highest BCUT2D eigenvalue weighted by atomic mass is 32.2. The van der Waals surface area contributed by atoms with Gasteiger partial charge in [0.1, 0.15) is 0 Å². The van der Waals surface area contributed by atoms with Crippen LogP contribution in [0.2, 0.25) is 0 Å². The Balaban J connectivity index is 1.42. The number of hydrogen-bond acceptors (Lipinski definition) is 6. The highest BCUT2D eigenvalue weighted by Crippen LogP contribution is 2.26. The zero-order valence-corrected chi connectivity index (χ0v) is 17.3. The molecule has 2 aromatic heterocycles. The summed E-state index contributed by atoms with van der Waals surface area (Å²) in [6.45, 7) is 2.94. The summed E-state index contributed by atoms with van der Waals surface area (Å²) in [6.07, 6.45) is 5.47. The first-order chi connectivity index (χ1) is 14.7. The molecule has 2 heterocycles. The average molecular weight is 420 g/mol. The van der Waals surface area contributed by atoms with E-state index in [4.69, 9.17) is 4.52 Å². The molecule has 2 aromatic carbocycles. The Kier molecular flexibility index (Phi) is 6.24. The van der Waals surface area contributed by atoms with E-state index < -0.39 is 0 Å². The molecule has 4 rings (SSSR count). The molecule has 0 atom stereocenters. The summed E-state index contributed by atoms with van der Waals surface area (Å²) in [4.78, 5) is 22.1. The summed E-state index contributed by atoms with van der Waals surface area (Å²) in [7, 11) is 0. The monoisotopic (exact) mass is 419 g/mol. The van der Waals surface area contributed by atoms with Gasteiger partial charge in [0.05, 0.1) is 17.6 Å². The van der Waals surface area contributed by atoms with Crippen molar-refractivity contribution in [2.75, 3.05) is 0 Å². The highest BCUT2D eigenvalue weighted by molar-refractivity contribution is 7.98. The van der Waals surface area contributed by atoms with Crippen molar-refractivity contribution in [3.8, 4) is 0 Å². The number of carbonyl (C=O) groups excluding carboxylic acids is 1. The summed E-state index contributed by atoms with van der Waals surface area (Å²) in [5.41, 5.74) is 2.85. The van der Waals surface area contributed by atoms with Gasteiger partial charge in [0, 0.05) is 30.4 Å². The number of thioether (sulfide) groups is 1. The highest BCUT2D eigenvalue weighted by Gasteiger charge is 2.13. The maximum atomic E-state index is 12.9. The molecule has 0 fully saturated rings. The van der Waals surface area contributed by atoms with Crippen LogP contribution in [0.5, 0.6) is 0 Å². The van der Waals surface area contributed by atoms with E-state index in [9.17, 15) is 4.79 Å². The van der Waals surface area contributed by atoms with Crippen molar-refractivity contribution >= 4 is 17.7 Å². The van der Waals surface area contributed by atoms with Crippen LogP contribution in [0.3, 0.4) is 0 Å². The minimum absolute atomic E-state index is 0.114. The number of nitrogens with zero attached hydrogens (tertiary/aromatic N) is 4. The first kappa shape index (κ1) is 19.9. The lowest BCUT2D eigenvalue weighted by molar-refractivity contribution is 0.0948. The predicted octanol–water partition coefficient (Wildman–Crippen LogP) is 3.85. The molecule has 0 bridgehead atoms. The molecule has 0 saturated heterocycles. The van der Waals surface area contributed by atoms with Crippen molar-refractivity contribution in [3.63, 3.8) is 0 Å². The van der Waals surface area contributed by atoms with Crippen LogP contribution in [0.15, 0.2) is 76.7 Å². The third kappa shape index (κ3) is 4.96. The molecular weight excluding hydrogens is 398 g/mol. The van der Waals surface area contributed by atoms with Crippen LogP contribution in [0.1, 0.15) is 33.2 Å². The van der Waals surface area contributed by atoms with E-state index in [0.29, 0.717) is 36.1 Å². The van der Waals surface area contributed by atoms with Gasteiger partial charge >= 0.3 is 0 Å². The molecule has 1 N–H and O–H groups in total. The van der Waals surface area contributed by atoms with Crippen molar-refractivity contribution in [2.45, 2.75) is 30.7 Å². The smallest absolute Gasteiger partial charge is 0.252 e. The minimum atomic E-state index is -0.114. The topological polar surface area (TPSA) is 85.8 Å². The van der Waals surface area contributed by atoms with Gasteiger partial charge in [-0.1, -0.05) is 41.6 Å². The van der Waals surface area contributed by atoms with Crippen LogP contribution in [-0.4, -0.2) is 25.6 Å². The Morgan fingerprint density at radius 2 is 1.93 bits per heavy atom. The van der Waals surface area contributed by atoms with E-state index in [1.807, 2.05) is 53.2 Å². The van der Waals surface area contributed by atoms with E-state index in [1.165, 1.54) is 11.8 Å². The van der Waals surface area contributed by atoms with Gasteiger partial charge in [-0.3, -0.25) is 4.79 Å². The first-order valence-corrected chi connectivity index (χ1v) is 10.5. The number of carbonyl (C=O) groups is 1. The van der Waals surface area contributed by atoms with Gasteiger partial charge in [0.2, 0.25) is 5.89 Å². The van der Waals surface area contributed by atoms with E-state index in [-0.39, 0.29) is 5.91 Å². The van der Waals surface area contributed by atoms with Crippen LogP contribution in [0.4, 0.5) is 0 Å². The fourth-order valence-corrected chi connectivity index (χ4v) is 3.94. The van der Waals surface area contributed by atoms with Crippen LogP contribution < -0.4 is 5.32 Å². The van der Waals surface area contributed by atoms with Gasteiger partial charge in [-0.25, -0.2) is 4.98 Å². The molecule has 30 heavy (non-hydrogen) atoms. The van der Waals surface area contributed by atoms with Crippen molar-refractivity contribution in [2.24, 2.45) is 0 Å². The third-order valence-corrected chi connectivity index (χ3v) is 5.58. The van der Waals surface area contributed by atoms with E-state index >= 15 is 0 Å². The number of benzene rings is 2. The third-order valence-electron chi connectivity index (χ3n) is 4.52. The zero-order valence-electron chi connectivity index (χ0n) is 16.5. The molecule has 8 heteroatoms. The number of rotatable bonds is 8. The second-order valence-corrected chi connectivity index (χ2v) is 7.72. The number of nitrogens with one attached hydrogen (secondary N) is 1. The van der Waals surface area contributed by atoms with Gasteiger partial charge in [-0.05, 0) is 30.2 Å². The Hall–Kier alpha value is -3.39. The lowest BCUT2D eigenvalue weighted by Crippen LogP contribution is -2.24. The molecule has 0 aliphatic heterocycles. The Morgan fingerprint density at radius 1 is 1.13 bits per heavy atom. The lowest BCUT2D eigenvalue weighted by atomic mass is 10.1. The standard InChI is InChI=1S/C22H21N5O2S/c1-16-25-21(29-26-16)14-30-20-9-5-4-8-19(20)22(28)24-12-17-6-2-3-7-18(17)13-27-11-10-23-15-27/h2-11,15H,12-14H2,1H3,(H,24,28). The normalized spacial score (nSPS) is 10.8. The summed E-state index contributed by atoms with van der Waals surface area (Å²) in [6, 6.07) is 15.6. The van der Waals surface area contributed by atoms with Gasteiger partial charge in [-0.2, -0.15) is 4.98 Å². The maximum Gasteiger partial charge on any atom is 0.252 e. The molecule has 0 spiro atoms. The Bertz CT molecular complexity index is 1120. The fourth-order valence-electron chi connectivity index (χ4n) is 3.05. The molecule has 0 aliphatic rings. The van der Waals surface area contributed by atoms with Gasteiger partial charge in [-0.15, -0.1) is 11.8 Å². The second kappa shape index (κ2) is 9.41. The van der Waals surface area contributed by atoms with Crippen LogP contribution in [0, 0.1) is 6.92 Å². The number of aromatic nitrogens is 4. The van der Waals surface area contributed by atoms with E-state index in [0.717, 1.165) is 16.0 Å². The lowest BCUT2D eigenvalue weighted by Gasteiger charge is -2.13. The van der Waals surface area contributed by atoms with Crippen LogP contribution in [0.25, 0.3) is 0 Å². The Morgan fingerprint density at radius 3 is 2.70 bits per heavy atom. The van der Waals surface area contributed by atoms with Crippen molar-refractivity contribution in [3.05, 3.63) is 95.7 Å². The molecule has 4 aromatic rings. The summed E-state index contributed by atoms with van der Waals surface area (Å²) in [5.74, 6) is 1.54. The van der Waals surface area contributed by atoms with Gasteiger partial charge in [0.15, 0.2) is 5.82 Å². The predicted molar refractivity (Wildman–Crippen MR) is 114 cm³/mol. The number of hydrogen-bond donors (Lipinski definition) is 1. The van der Waals surface area contributed by atoms with Crippen molar-refractivity contribution < 1.29 is 9.32 Å². The molecule has 0 aliphatic carbocycles. The van der Waals surface area contributed by atoms with Gasteiger partial charge < -0.3 is 14.4 Å². The van der Waals surface area contributed by atoms with Crippen LogP contribution >= 0.6 is 11.8 Å². The molecule has 152 valence electrons. The van der Waals surface area contributed by atoms with E-state index in [2.05, 4.69) is 26.5 Å². The molecule has 0 saturated carbocycles. The maximum absolute atomic E-state index is 12.9. The molecule has 0 radical (unpaired) electrons. The molecule has 1 amide bonds. The summed E-state index contributed by atoms with van der Waals surface area (Å²) in [5, 5.41) is 6.85. The SMILES string of the molecule is Cc1noc(CSc2ccccc2C(=O)NCc2ccccc2Cn2ccnc2)n1. The quantitative estimate of drug-likeness (QED) is 0.437. The number of imidazole rings is 1. The van der Waals surface area contributed by atoms with Crippen molar-refractivity contribution in [1.29, 1.82) is 0 Å². The second-order valence-electron chi connectivity index (χ2n) is 6.71. The molecule has 0 unspecified atom stereocenters. The van der Waals surface area contributed by atoms with E-state index in [1.54, 1.807) is 19.4 Å². The first-order valence-electron chi connectivity index (χ1n) is 9.51. The van der Waals surface area contributed by atoms with Crippen LogP contribution in [-0.2, 0) is 18.8 Å². The Labute approximate surface area is 178 Å².